The van der Waals surface area contributed by atoms with Crippen LogP contribution in [-0.4, -0.2) is 37.0 Å². The fraction of sp³-hybridized carbons (Fsp3) is 0.667. The lowest BCUT2D eigenvalue weighted by Crippen LogP contribution is -2.38. The van der Waals surface area contributed by atoms with Crippen LogP contribution in [0.2, 0.25) is 0 Å². The summed E-state index contributed by atoms with van der Waals surface area (Å²) >= 11 is 0. The summed E-state index contributed by atoms with van der Waals surface area (Å²) < 4.78 is 0. The number of hydrogen-bond acceptors (Lipinski definition) is 5. The van der Waals surface area contributed by atoms with Gasteiger partial charge in [-0.25, -0.2) is 0 Å². The van der Waals surface area contributed by atoms with Crippen LogP contribution in [0.3, 0.4) is 0 Å². The molecule has 1 aliphatic heterocycles. The van der Waals surface area contributed by atoms with Crippen molar-refractivity contribution < 1.29 is 9.72 Å². The number of benzene rings is 1. The summed E-state index contributed by atoms with van der Waals surface area (Å²) in [5, 5.41) is 17.6. The number of carbonyl (C=O) groups is 1. The third-order valence-corrected chi connectivity index (χ3v) is 6.91. The fourth-order valence-electron chi connectivity index (χ4n) is 4.76. The van der Waals surface area contributed by atoms with Crippen LogP contribution in [-0.2, 0) is 0 Å². The Hall–Kier alpha value is -2.31. The molecule has 0 atom stereocenters. The Morgan fingerprint density at radius 3 is 2.50 bits per heavy atom. The Kier molecular flexibility index (Phi) is 4.93. The molecule has 1 spiro atoms. The van der Waals surface area contributed by atoms with E-state index in [1.54, 1.807) is 13.1 Å². The van der Waals surface area contributed by atoms with Crippen molar-refractivity contribution in [1.82, 2.24) is 5.32 Å². The van der Waals surface area contributed by atoms with E-state index in [0.717, 1.165) is 50.9 Å². The first kappa shape index (κ1) is 19.0. The molecule has 0 bridgehead atoms. The minimum atomic E-state index is -0.416. The molecule has 152 valence electrons. The van der Waals surface area contributed by atoms with Crippen LogP contribution < -0.4 is 15.5 Å². The van der Waals surface area contributed by atoms with Crippen molar-refractivity contribution in [2.24, 2.45) is 11.3 Å². The molecule has 0 radical (unpaired) electrons. The van der Waals surface area contributed by atoms with Gasteiger partial charge in [0.1, 0.15) is 5.69 Å². The van der Waals surface area contributed by atoms with Crippen molar-refractivity contribution in [2.75, 3.05) is 30.4 Å². The first-order valence-corrected chi connectivity index (χ1v) is 10.5. The molecule has 2 N–H and O–H groups in total. The topological polar surface area (TPSA) is 87.5 Å². The van der Waals surface area contributed by atoms with Crippen molar-refractivity contribution in [1.29, 1.82) is 0 Å². The number of anilines is 2. The average Bonchev–Trinajstić information content (AvgIpc) is 3.31. The zero-order valence-corrected chi connectivity index (χ0v) is 16.8. The summed E-state index contributed by atoms with van der Waals surface area (Å²) in [6.45, 7) is 4.09. The third-order valence-electron chi connectivity index (χ3n) is 6.91. The van der Waals surface area contributed by atoms with E-state index in [1.807, 2.05) is 0 Å². The molecule has 4 rings (SSSR count). The van der Waals surface area contributed by atoms with Gasteiger partial charge in [-0.05, 0) is 62.3 Å². The smallest absolute Gasteiger partial charge is 0.293 e. The van der Waals surface area contributed by atoms with E-state index in [1.165, 1.54) is 18.9 Å². The zero-order valence-electron chi connectivity index (χ0n) is 16.8. The number of nitro benzene ring substituents is 1. The second-order valence-corrected chi connectivity index (χ2v) is 9.00. The van der Waals surface area contributed by atoms with Gasteiger partial charge in [-0.1, -0.05) is 6.92 Å². The van der Waals surface area contributed by atoms with Crippen molar-refractivity contribution in [3.63, 3.8) is 0 Å². The minimum absolute atomic E-state index is 0.0472. The zero-order chi connectivity index (χ0) is 19.9. The predicted molar refractivity (Wildman–Crippen MR) is 110 cm³/mol. The number of nitrogens with zero attached hydrogens (tertiary/aromatic N) is 2. The summed E-state index contributed by atoms with van der Waals surface area (Å²) in [7, 11) is 1.68. The molecule has 1 saturated heterocycles. The predicted octanol–water partition coefficient (Wildman–Crippen LogP) is 3.94. The molecular formula is C21H30N4O3. The average molecular weight is 386 g/mol. The van der Waals surface area contributed by atoms with Gasteiger partial charge in [0.25, 0.3) is 11.6 Å². The highest BCUT2D eigenvalue weighted by Crippen LogP contribution is 2.54. The molecule has 2 saturated carbocycles. The van der Waals surface area contributed by atoms with Crippen LogP contribution in [0.1, 0.15) is 62.2 Å². The van der Waals surface area contributed by atoms with Crippen LogP contribution in [0.25, 0.3) is 0 Å². The van der Waals surface area contributed by atoms with E-state index in [9.17, 15) is 14.9 Å². The monoisotopic (exact) mass is 386 g/mol. The fourth-order valence-corrected chi connectivity index (χ4v) is 4.76. The number of nitrogens with one attached hydrogen (secondary N) is 2. The molecule has 2 aliphatic carbocycles. The molecule has 1 amide bonds. The second kappa shape index (κ2) is 7.26. The first-order valence-electron chi connectivity index (χ1n) is 10.5. The Morgan fingerprint density at radius 1 is 1.21 bits per heavy atom. The van der Waals surface area contributed by atoms with Crippen LogP contribution in [0, 0.1) is 21.4 Å². The molecule has 1 aromatic carbocycles. The van der Waals surface area contributed by atoms with Crippen LogP contribution >= 0.6 is 0 Å². The van der Waals surface area contributed by atoms with Crippen molar-refractivity contribution in [2.45, 2.75) is 57.9 Å². The van der Waals surface area contributed by atoms with Gasteiger partial charge in [-0.2, -0.15) is 0 Å². The molecule has 3 aliphatic rings. The lowest BCUT2D eigenvalue weighted by atomic mass is 9.87. The van der Waals surface area contributed by atoms with E-state index < -0.39 is 4.92 Å². The maximum atomic E-state index is 13.1. The number of amides is 1. The van der Waals surface area contributed by atoms with Gasteiger partial charge >= 0.3 is 0 Å². The summed E-state index contributed by atoms with van der Waals surface area (Å²) in [5.74, 6) is 0.524. The first-order chi connectivity index (χ1) is 13.4. The Bertz CT molecular complexity index is 782. The third kappa shape index (κ3) is 3.66. The highest BCUT2D eigenvalue weighted by molar-refractivity contribution is 6.02. The summed E-state index contributed by atoms with van der Waals surface area (Å²) in [6.07, 6.45) is 7.82. The highest BCUT2D eigenvalue weighted by Gasteiger charge is 2.48. The van der Waals surface area contributed by atoms with Gasteiger partial charge in [-0.3, -0.25) is 14.9 Å². The summed E-state index contributed by atoms with van der Waals surface area (Å²) in [4.78, 5) is 26.5. The van der Waals surface area contributed by atoms with E-state index in [-0.39, 0.29) is 17.6 Å². The Morgan fingerprint density at radius 2 is 1.93 bits per heavy atom. The Labute approximate surface area is 166 Å². The molecule has 7 nitrogen and oxygen atoms in total. The van der Waals surface area contributed by atoms with Crippen LogP contribution in [0.15, 0.2) is 12.1 Å². The quantitative estimate of drug-likeness (QED) is 0.591. The van der Waals surface area contributed by atoms with Gasteiger partial charge in [0.2, 0.25) is 0 Å². The van der Waals surface area contributed by atoms with Crippen molar-refractivity contribution in [3.05, 3.63) is 27.8 Å². The van der Waals surface area contributed by atoms with Crippen LogP contribution in [0.4, 0.5) is 17.1 Å². The maximum absolute atomic E-state index is 13.1. The highest BCUT2D eigenvalue weighted by atomic mass is 16.6. The van der Waals surface area contributed by atoms with Gasteiger partial charge in [0, 0.05) is 32.2 Å². The number of hydrogen-bond donors (Lipinski definition) is 2. The minimum Gasteiger partial charge on any atom is -0.383 e. The van der Waals surface area contributed by atoms with Gasteiger partial charge in [0.05, 0.1) is 16.2 Å². The van der Waals surface area contributed by atoms with Gasteiger partial charge in [0.15, 0.2) is 0 Å². The van der Waals surface area contributed by atoms with Crippen molar-refractivity contribution in [3.8, 4) is 0 Å². The van der Waals surface area contributed by atoms with E-state index in [0.29, 0.717) is 22.6 Å². The van der Waals surface area contributed by atoms with E-state index >= 15 is 0 Å². The normalized spacial score (nSPS) is 25.6. The van der Waals surface area contributed by atoms with E-state index in [2.05, 4.69) is 22.5 Å². The molecule has 3 fully saturated rings. The summed E-state index contributed by atoms with van der Waals surface area (Å²) in [5.41, 5.74) is 2.07. The number of nitro groups is 1. The summed E-state index contributed by atoms with van der Waals surface area (Å²) in [6, 6.07) is 3.41. The lowest BCUT2D eigenvalue weighted by Gasteiger charge is -2.28. The largest absolute Gasteiger partial charge is 0.383 e. The lowest BCUT2D eigenvalue weighted by molar-refractivity contribution is -0.383. The molecule has 0 aromatic heterocycles. The molecule has 1 aromatic rings. The second-order valence-electron chi connectivity index (χ2n) is 9.00. The van der Waals surface area contributed by atoms with Gasteiger partial charge < -0.3 is 15.5 Å². The standard InChI is InChI=1S/C21H30N4O3/c1-14-3-5-15(6-4-14)23-20(26)16-11-19(25(27)28)17(22-2)12-18(16)24-10-9-21(13-24)7-8-21/h11-12,14-15,22H,3-10,13H2,1-2H3,(H,23,26). The molecule has 1 heterocycles. The van der Waals surface area contributed by atoms with Crippen LogP contribution in [0.5, 0.6) is 0 Å². The number of rotatable bonds is 5. The Balaban J connectivity index is 1.63. The SMILES string of the molecule is CNc1cc(N2CCC3(CC3)C2)c(C(=O)NC2CCC(C)CC2)cc1[N+](=O)[O-]. The maximum Gasteiger partial charge on any atom is 0.293 e. The van der Waals surface area contributed by atoms with E-state index in [4.69, 9.17) is 0 Å². The molecule has 0 unspecified atom stereocenters. The molecular weight excluding hydrogens is 356 g/mol. The molecule has 7 heteroatoms. The van der Waals surface area contributed by atoms with Crippen molar-refractivity contribution >= 4 is 23.0 Å². The number of carbonyl (C=O) groups excluding carboxylic acids is 1. The van der Waals surface area contributed by atoms with Gasteiger partial charge in [-0.15, -0.1) is 0 Å². The molecule has 28 heavy (non-hydrogen) atoms.